The number of benzene rings is 1. The minimum atomic E-state index is -1.16. The van der Waals surface area contributed by atoms with Crippen LogP contribution in [-0.4, -0.2) is 29.1 Å². The molecule has 0 amide bonds. The first-order valence-electron chi connectivity index (χ1n) is 6.37. The molecule has 6 heteroatoms. The molecule has 0 saturated heterocycles. The second-order valence-electron chi connectivity index (χ2n) is 4.30. The molecule has 0 radical (unpaired) electrons. The van der Waals surface area contributed by atoms with Crippen molar-refractivity contribution in [3.8, 4) is 12.3 Å². The molecule has 0 atom stereocenters. The van der Waals surface area contributed by atoms with E-state index in [4.69, 9.17) is 11.5 Å². The van der Waals surface area contributed by atoms with Gasteiger partial charge in [0.1, 0.15) is 0 Å². The highest BCUT2D eigenvalue weighted by molar-refractivity contribution is 5.86. The summed E-state index contributed by atoms with van der Waals surface area (Å²) in [6.45, 7) is 3.10. The standard InChI is InChI=1S/C15H16N2O4/c1-3-9-16(10-4-2)13-6-7-14(17(20)21)12(11-13)5-8-15(18)19/h1,5-8,11H,4,9-10H2,2H3,(H,18,19)/b8-5+. The summed E-state index contributed by atoms with van der Waals surface area (Å²) in [6.07, 6.45) is 8.28. The summed E-state index contributed by atoms with van der Waals surface area (Å²) in [4.78, 5) is 22.9. The van der Waals surface area contributed by atoms with Crippen LogP contribution >= 0.6 is 0 Å². The Morgan fingerprint density at radius 1 is 1.57 bits per heavy atom. The molecule has 1 rings (SSSR count). The van der Waals surface area contributed by atoms with Crippen molar-refractivity contribution in [1.29, 1.82) is 0 Å². The second kappa shape index (κ2) is 7.70. The zero-order chi connectivity index (χ0) is 15.8. The molecule has 0 aliphatic heterocycles. The zero-order valence-electron chi connectivity index (χ0n) is 11.7. The van der Waals surface area contributed by atoms with E-state index in [2.05, 4.69) is 5.92 Å². The van der Waals surface area contributed by atoms with Crippen LogP contribution in [0.3, 0.4) is 0 Å². The number of nitro groups is 1. The van der Waals surface area contributed by atoms with Crippen LogP contribution in [0.1, 0.15) is 18.9 Å². The Morgan fingerprint density at radius 3 is 2.81 bits per heavy atom. The Kier molecular flexibility index (Phi) is 5.96. The number of carboxylic acid groups (broad SMARTS) is 1. The van der Waals surface area contributed by atoms with E-state index in [0.717, 1.165) is 18.2 Å². The minimum Gasteiger partial charge on any atom is -0.478 e. The molecule has 0 aliphatic rings. The molecule has 0 aromatic heterocycles. The second-order valence-corrected chi connectivity index (χ2v) is 4.30. The van der Waals surface area contributed by atoms with Crippen molar-refractivity contribution in [2.45, 2.75) is 13.3 Å². The third-order valence-corrected chi connectivity index (χ3v) is 2.75. The molecule has 6 nitrogen and oxygen atoms in total. The zero-order valence-corrected chi connectivity index (χ0v) is 11.7. The van der Waals surface area contributed by atoms with Gasteiger partial charge in [-0.15, -0.1) is 6.42 Å². The number of aliphatic carboxylic acids is 1. The number of rotatable bonds is 7. The maximum Gasteiger partial charge on any atom is 0.328 e. The van der Waals surface area contributed by atoms with Gasteiger partial charge < -0.3 is 10.0 Å². The summed E-state index contributed by atoms with van der Waals surface area (Å²) in [7, 11) is 0. The van der Waals surface area contributed by atoms with Gasteiger partial charge >= 0.3 is 5.97 Å². The third kappa shape index (κ3) is 4.66. The maximum atomic E-state index is 11.0. The summed E-state index contributed by atoms with van der Waals surface area (Å²) in [5, 5.41) is 19.6. The number of nitro benzene ring substituents is 1. The van der Waals surface area contributed by atoms with Crippen LogP contribution in [0.2, 0.25) is 0 Å². The normalized spacial score (nSPS) is 10.3. The summed E-state index contributed by atoms with van der Waals surface area (Å²) in [6, 6.07) is 4.55. The van der Waals surface area contributed by atoms with Crippen LogP contribution in [0.5, 0.6) is 0 Å². The van der Waals surface area contributed by atoms with E-state index in [-0.39, 0.29) is 11.3 Å². The van der Waals surface area contributed by atoms with Crippen molar-refractivity contribution in [3.63, 3.8) is 0 Å². The van der Waals surface area contributed by atoms with Gasteiger partial charge in [0.2, 0.25) is 0 Å². The average molecular weight is 288 g/mol. The molecule has 110 valence electrons. The fourth-order valence-electron chi connectivity index (χ4n) is 1.88. The Bertz CT molecular complexity index is 602. The number of terminal acetylenes is 1. The Morgan fingerprint density at radius 2 is 2.29 bits per heavy atom. The van der Waals surface area contributed by atoms with E-state index in [1.165, 1.54) is 12.1 Å². The molecule has 21 heavy (non-hydrogen) atoms. The van der Waals surface area contributed by atoms with Crippen LogP contribution in [0, 0.1) is 22.5 Å². The van der Waals surface area contributed by atoms with Crippen molar-refractivity contribution >= 4 is 23.4 Å². The van der Waals surface area contributed by atoms with Crippen molar-refractivity contribution < 1.29 is 14.8 Å². The van der Waals surface area contributed by atoms with Crippen LogP contribution in [0.25, 0.3) is 6.08 Å². The van der Waals surface area contributed by atoms with Gasteiger partial charge in [-0.3, -0.25) is 10.1 Å². The molecular formula is C15H16N2O4. The molecule has 0 saturated carbocycles. The number of carbonyl (C=O) groups is 1. The van der Waals surface area contributed by atoms with Gasteiger partial charge in [-0.1, -0.05) is 12.8 Å². The van der Waals surface area contributed by atoms with E-state index in [1.807, 2.05) is 11.8 Å². The fourth-order valence-corrected chi connectivity index (χ4v) is 1.88. The predicted molar refractivity (Wildman–Crippen MR) is 81.1 cm³/mol. The molecule has 0 heterocycles. The van der Waals surface area contributed by atoms with E-state index in [1.54, 1.807) is 12.1 Å². The number of anilines is 1. The lowest BCUT2D eigenvalue weighted by Gasteiger charge is -2.22. The van der Waals surface area contributed by atoms with E-state index in [0.29, 0.717) is 13.1 Å². The van der Waals surface area contributed by atoms with E-state index < -0.39 is 10.9 Å². The molecule has 0 fully saturated rings. The minimum absolute atomic E-state index is 0.145. The monoisotopic (exact) mass is 288 g/mol. The first-order chi connectivity index (χ1) is 9.99. The van der Waals surface area contributed by atoms with Gasteiger partial charge in [-0.25, -0.2) is 4.79 Å². The van der Waals surface area contributed by atoms with Gasteiger partial charge in [0.05, 0.1) is 17.0 Å². The molecule has 1 aromatic carbocycles. The van der Waals surface area contributed by atoms with Crippen LogP contribution in [0.4, 0.5) is 11.4 Å². The molecular weight excluding hydrogens is 272 g/mol. The lowest BCUT2D eigenvalue weighted by molar-refractivity contribution is -0.385. The SMILES string of the molecule is C#CCN(CCC)c1ccc([N+](=O)[O-])c(/C=C/C(=O)O)c1. The third-order valence-electron chi connectivity index (χ3n) is 2.75. The summed E-state index contributed by atoms with van der Waals surface area (Å²) in [5.74, 6) is 1.37. The lowest BCUT2D eigenvalue weighted by Crippen LogP contribution is -2.24. The van der Waals surface area contributed by atoms with Gasteiger partial charge in [0.15, 0.2) is 0 Å². The average Bonchev–Trinajstić information content (AvgIpc) is 2.44. The Labute approximate surface area is 122 Å². The first-order valence-corrected chi connectivity index (χ1v) is 6.37. The summed E-state index contributed by atoms with van der Waals surface area (Å²) < 4.78 is 0. The fraction of sp³-hybridized carbons (Fsp3) is 0.267. The van der Waals surface area contributed by atoms with Gasteiger partial charge in [-0.05, 0) is 24.6 Å². The molecule has 0 bridgehead atoms. The quantitative estimate of drug-likeness (QED) is 0.361. The predicted octanol–water partition coefficient (Wildman–Crippen LogP) is 2.54. The van der Waals surface area contributed by atoms with Crippen LogP contribution in [-0.2, 0) is 4.79 Å². The number of hydrogen-bond donors (Lipinski definition) is 1. The molecule has 1 N–H and O–H groups in total. The van der Waals surface area contributed by atoms with Crippen molar-refractivity contribution in [2.24, 2.45) is 0 Å². The van der Waals surface area contributed by atoms with Gasteiger partial charge in [0, 0.05) is 24.4 Å². The van der Waals surface area contributed by atoms with E-state index >= 15 is 0 Å². The number of carboxylic acids is 1. The molecule has 1 aromatic rings. The maximum absolute atomic E-state index is 11.0. The summed E-state index contributed by atoms with van der Waals surface area (Å²) >= 11 is 0. The molecule has 0 unspecified atom stereocenters. The molecule has 0 aliphatic carbocycles. The Hall–Kier alpha value is -2.81. The topological polar surface area (TPSA) is 83.7 Å². The van der Waals surface area contributed by atoms with Crippen molar-refractivity contribution in [2.75, 3.05) is 18.0 Å². The number of nitrogens with zero attached hydrogens (tertiary/aromatic N) is 2. The van der Waals surface area contributed by atoms with Crippen LogP contribution < -0.4 is 4.90 Å². The molecule has 0 spiro atoms. The Balaban J connectivity index is 3.25. The number of hydrogen-bond acceptors (Lipinski definition) is 4. The van der Waals surface area contributed by atoms with Crippen molar-refractivity contribution in [3.05, 3.63) is 40.0 Å². The van der Waals surface area contributed by atoms with E-state index in [9.17, 15) is 14.9 Å². The van der Waals surface area contributed by atoms with Gasteiger partial charge in [-0.2, -0.15) is 0 Å². The first kappa shape index (κ1) is 16.2. The highest BCUT2D eigenvalue weighted by atomic mass is 16.6. The summed E-state index contributed by atoms with van der Waals surface area (Å²) in [5.41, 5.74) is 0.817. The lowest BCUT2D eigenvalue weighted by atomic mass is 10.1. The van der Waals surface area contributed by atoms with Gasteiger partial charge in [0.25, 0.3) is 5.69 Å². The van der Waals surface area contributed by atoms with Crippen LogP contribution in [0.15, 0.2) is 24.3 Å². The van der Waals surface area contributed by atoms with Crippen molar-refractivity contribution in [1.82, 2.24) is 0 Å². The smallest absolute Gasteiger partial charge is 0.328 e. The largest absolute Gasteiger partial charge is 0.478 e. The highest BCUT2D eigenvalue weighted by Gasteiger charge is 2.14. The highest BCUT2D eigenvalue weighted by Crippen LogP contribution is 2.26.